The molecule has 5 aromatic rings. The Balaban J connectivity index is 1.45. The van der Waals surface area contributed by atoms with Crippen molar-refractivity contribution in [2.75, 3.05) is 0 Å². The highest BCUT2D eigenvalue weighted by Gasteiger charge is 2.57. The lowest BCUT2D eigenvalue weighted by molar-refractivity contribution is -0.121. The molecule has 0 saturated heterocycles. The number of hydrogen-bond acceptors (Lipinski definition) is 3. The van der Waals surface area contributed by atoms with Gasteiger partial charge in [0.2, 0.25) is 18.1 Å². The van der Waals surface area contributed by atoms with Crippen LogP contribution in [0.2, 0.25) is 0 Å². The van der Waals surface area contributed by atoms with E-state index in [4.69, 9.17) is 8.85 Å². The van der Waals surface area contributed by atoms with Gasteiger partial charge in [0, 0.05) is 11.5 Å². The third-order valence-corrected chi connectivity index (χ3v) is 15.4. The van der Waals surface area contributed by atoms with E-state index in [9.17, 15) is 4.79 Å². The maximum absolute atomic E-state index is 14.5. The van der Waals surface area contributed by atoms with Crippen LogP contribution >= 0.6 is 0 Å². The molecule has 3 nitrogen and oxygen atoms in total. The minimum atomic E-state index is -2.15. The van der Waals surface area contributed by atoms with Gasteiger partial charge in [0.25, 0.3) is 0 Å². The van der Waals surface area contributed by atoms with E-state index in [1.54, 1.807) is 0 Å². The number of benzene rings is 5. The van der Waals surface area contributed by atoms with Crippen LogP contribution in [0.1, 0.15) is 58.3 Å². The quantitative estimate of drug-likeness (QED) is 0.104. The summed E-state index contributed by atoms with van der Waals surface area (Å²) in [6, 6.07) is 52.9. The zero-order valence-corrected chi connectivity index (χ0v) is 32.7. The molecule has 5 aromatic carbocycles. The van der Waals surface area contributed by atoms with Crippen LogP contribution in [0.4, 0.5) is 0 Å². The van der Waals surface area contributed by atoms with E-state index < -0.39 is 18.1 Å². The first-order chi connectivity index (χ1) is 24.0. The zero-order chi connectivity index (χ0) is 35.3. The van der Waals surface area contributed by atoms with Crippen LogP contribution < -0.4 is 20.7 Å². The SMILES string of the molecule is CC(C)(C)C(O[SiH](c1ccccc1)c1ccccc1)C1CC(C(=O)c2ccccc2)C1C(O[SiH](c1ccccc1)c1ccccc1)C(C)(C)C. The molecule has 1 saturated carbocycles. The van der Waals surface area contributed by atoms with Crippen molar-refractivity contribution in [3.63, 3.8) is 0 Å². The minimum absolute atomic E-state index is 0.0180. The number of hydrogen-bond donors (Lipinski definition) is 0. The molecule has 0 aliphatic heterocycles. The summed E-state index contributed by atoms with van der Waals surface area (Å²) in [5, 5.41) is 5.04. The molecular weight excluding hydrogens is 645 g/mol. The summed E-state index contributed by atoms with van der Waals surface area (Å²) in [6.07, 6.45) is 0.536. The molecule has 1 aliphatic rings. The van der Waals surface area contributed by atoms with Gasteiger partial charge < -0.3 is 8.85 Å². The van der Waals surface area contributed by atoms with Gasteiger partial charge in [-0.25, -0.2) is 0 Å². The molecule has 0 bridgehead atoms. The van der Waals surface area contributed by atoms with Gasteiger partial charge in [0.15, 0.2) is 5.78 Å². The van der Waals surface area contributed by atoms with E-state index in [2.05, 4.69) is 163 Å². The van der Waals surface area contributed by atoms with Gasteiger partial charge >= 0.3 is 0 Å². The van der Waals surface area contributed by atoms with Gasteiger partial charge in [-0.3, -0.25) is 4.79 Å². The fourth-order valence-corrected chi connectivity index (χ4v) is 13.4. The van der Waals surface area contributed by atoms with E-state index in [-0.39, 0.29) is 46.6 Å². The van der Waals surface area contributed by atoms with Crippen LogP contribution in [0.15, 0.2) is 152 Å². The highest BCUT2D eigenvalue weighted by molar-refractivity contribution is 6.80. The summed E-state index contributed by atoms with van der Waals surface area (Å²) >= 11 is 0. The number of ketones is 1. The summed E-state index contributed by atoms with van der Waals surface area (Å²) in [6.45, 7) is 13.8. The van der Waals surface area contributed by atoms with Crippen molar-refractivity contribution in [2.45, 2.75) is 60.2 Å². The van der Waals surface area contributed by atoms with E-state index in [0.29, 0.717) is 0 Å². The van der Waals surface area contributed by atoms with Gasteiger partial charge in [-0.05, 0) is 49.8 Å². The van der Waals surface area contributed by atoms with E-state index >= 15 is 0 Å². The second-order valence-corrected chi connectivity index (χ2v) is 20.8. The topological polar surface area (TPSA) is 35.5 Å². The summed E-state index contributed by atoms with van der Waals surface area (Å²) < 4.78 is 15.2. The van der Waals surface area contributed by atoms with Crippen molar-refractivity contribution >= 4 is 44.6 Å². The van der Waals surface area contributed by atoms with Crippen molar-refractivity contribution in [1.82, 2.24) is 0 Å². The highest BCUT2D eigenvalue weighted by Crippen LogP contribution is 2.54. The maximum Gasteiger partial charge on any atom is 0.240 e. The van der Waals surface area contributed by atoms with Crippen LogP contribution in [-0.4, -0.2) is 36.1 Å². The Bertz CT molecular complexity index is 1710. The first-order valence-electron chi connectivity index (χ1n) is 18.1. The first-order valence-corrected chi connectivity index (χ1v) is 21.4. The summed E-state index contributed by atoms with van der Waals surface area (Å²) in [4.78, 5) is 14.5. The van der Waals surface area contributed by atoms with Crippen molar-refractivity contribution in [3.8, 4) is 0 Å². The van der Waals surface area contributed by atoms with Gasteiger partial charge in [-0.15, -0.1) is 0 Å². The first kappa shape index (κ1) is 35.9. The molecule has 0 radical (unpaired) electrons. The van der Waals surface area contributed by atoms with Crippen molar-refractivity contribution in [2.24, 2.45) is 28.6 Å². The molecule has 0 N–H and O–H groups in total. The standard InChI is InChI=1S/C45H52O3Si2/c1-44(2,3)42(47-49(34-24-14-8-15-25-34)35-26-16-9-17-27-35)39-32-38(41(46)33-22-12-7-13-23-33)40(39)43(45(4,5)6)48-50(36-28-18-10-19-29-36)37-30-20-11-21-31-37/h7-31,38-40,42-43,49-50H,32H2,1-6H3. The molecule has 50 heavy (non-hydrogen) atoms. The molecule has 1 fully saturated rings. The minimum Gasteiger partial charge on any atom is -0.407 e. The lowest BCUT2D eigenvalue weighted by atomic mass is 9.53. The molecule has 258 valence electrons. The van der Waals surface area contributed by atoms with E-state index in [1.165, 1.54) is 20.7 Å². The monoisotopic (exact) mass is 696 g/mol. The van der Waals surface area contributed by atoms with Crippen molar-refractivity contribution < 1.29 is 13.6 Å². The van der Waals surface area contributed by atoms with Gasteiger partial charge in [0.1, 0.15) is 0 Å². The smallest absolute Gasteiger partial charge is 0.240 e. The zero-order valence-electron chi connectivity index (χ0n) is 30.4. The fraction of sp³-hybridized carbons (Fsp3) is 0.311. The van der Waals surface area contributed by atoms with Crippen LogP contribution in [0.25, 0.3) is 0 Å². The summed E-state index contributed by atoms with van der Waals surface area (Å²) in [5.41, 5.74) is 0.379. The molecule has 1 aliphatic carbocycles. The van der Waals surface area contributed by atoms with Crippen LogP contribution in [0.5, 0.6) is 0 Å². The second kappa shape index (κ2) is 15.6. The maximum atomic E-state index is 14.5. The van der Waals surface area contributed by atoms with Gasteiger partial charge in [0.05, 0.1) is 12.2 Å². The Morgan fingerprint density at radius 2 is 0.840 bits per heavy atom. The number of carbonyl (C=O) groups excluding carboxylic acids is 1. The van der Waals surface area contributed by atoms with Crippen LogP contribution in [0.3, 0.4) is 0 Å². The van der Waals surface area contributed by atoms with E-state index in [1.807, 2.05) is 30.3 Å². The Morgan fingerprint density at radius 3 is 1.18 bits per heavy atom. The molecule has 0 spiro atoms. The molecule has 0 amide bonds. The molecule has 5 heteroatoms. The lowest BCUT2D eigenvalue weighted by Gasteiger charge is -2.57. The number of carbonyl (C=O) groups is 1. The highest BCUT2D eigenvalue weighted by atomic mass is 28.3. The lowest BCUT2D eigenvalue weighted by Crippen LogP contribution is -2.63. The molecule has 0 aromatic heterocycles. The van der Waals surface area contributed by atoms with Crippen molar-refractivity contribution in [3.05, 3.63) is 157 Å². The van der Waals surface area contributed by atoms with Gasteiger partial charge in [-0.2, -0.15) is 0 Å². The third kappa shape index (κ3) is 8.19. The number of Topliss-reactive ketones (excluding diaryl/α,β-unsaturated/α-hetero) is 1. The predicted octanol–water partition coefficient (Wildman–Crippen LogP) is 7.06. The Morgan fingerprint density at radius 1 is 0.520 bits per heavy atom. The average molecular weight is 697 g/mol. The third-order valence-electron chi connectivity index (χ3n) is 10.3. The molecule has 5 unspecified atom stereocenters. The molecule has 6 rings (SSSR count). The number of rotatable bonds is 12. The Hall–Kier alpha value is -3.88. The molecule has 5 atom stereocenters. The van der Waals surface area contributed by atoms with Crippen LogP contribution in [-0.2, 0) is 8.85 Å². The summed E-state index contributed by atoms with van der Waals surface area (Å²) in [7, 11) is -4.24. The fourth-order valence-electron chi connectivity index (χ4n) is 7.89. The second-order valence-electron chi connectivity index (χ2n) is 16.1. The van der Waals surface area contributed by atoms with E-state index in [0.717, 1.165) is 12.0 Å². The Kier molecular flexibility index (Phi) is 11.2. The summed E-state index contributed by atoms with van der Waals surface area (Å²) in [5.74, 6) is 0.181. The van der Waals surface area contributed by atoms with Gasteiger partial charge in [-0.1, -0.05) is 193 Å². The Labute approximate surface area is 303 Å². The van der Waals surface area contributed by atoms with Crippen LogP contribution in [0, 0.1) is 28.6 Å². The largest absolute Gasteiger partial charge is 0.407 e. The molecule has 0 heterocycles. The molecular formula is C45H52O3Si2. The average Bonchev–Trinajstić information content (AvgIpc) is 3.11. The normalized spacial score (nSPS) is 19.2. The van der Waals surface area contributed by atoms with Crippen molar-refractivity contribution in [1.29, 1.82) is 0 Å². The predicted molar refractivity (Wildman–Crippen MR) is 213 cm³/mol.